The van der Waals surface area contributed by atoms with Crippen LogP contribution >= 0.6 is 12.4 Å². The first kappa shape index (κ1) is 14.7. The van der Waals surface area contributed by atoms with Gasteiger partial charge >= 0.3 is 0 Å². The van der Waals surface area contributed by atoms with Crippen molar-refractivity contribution in [2.45, 2.75) is 44.7 Å². The molecular weight excluding hydrogens is 238 g/mol. The van der Waals surface area contributed by atoms with Crippen LogP contribution in [0.4, 0.5) is 0 Å². The monoisotopic (exact) mass is 261 g/mol. The standard InChI is InChI=1S/C12H23N3O.ClH/c1-2-11(12(14)16)15-6-8-4-3-5-10(13)9(8)7-15;/h8-11H,2-7,13H2,1H3,(H2,14,16);1H. The summed E-state index contributed by atoms with van der Waals surface area (Å²) in [6.45, 7) is 4.00. The molecule has 0 aromatic carbocycles. The van der Waals surface area contributed by atoms with Gasteiger partial charge in [-0.25, -0.2) is 0 Å². The SMILES string of the molecule is CCC(C(N)=O)N1CC2CCCC(N)C2C1.Cl. The highest BCUT2D eigenvalue weighted by Crippen LogP contribution is 2.36. The molecule has 1 saturated heterocycles. The van der Waals surface area contributed by atoms with Crippen molar-refractivity contribution in [2.24, 2.45) is 23.3 Å². The van der Waals surface area contributed by atoms with E-state index in [1.165, 1.54) is 12.8 Å². The minimum absolute atomic E-state index is 0. The molecule has 1 amide bonds. The number of carbonyl (C=O) groups excluding carboxylic acids is 1. The van der Waals surface area contributed by atoms with Crippen LogP contribution in [0.3, 0.4) is 0 Å². The van der Waals surface area contributed by atoms with Crippen LogP contribution in [0, 0.1) is 11.8 Å². The second-order valence-corrected chi connectivity index (χ2v) is 5.30. The van der Waals surface area contributed by atoms with Gasteiger partial charge in [0.2, 0.25) is 5.91 Å². The largest absolute Gasteiger partial charge is 0.368 e. The molecule has 1 heterocycles. The lowest BCUT2D eigenvalue weighted by Crippen LogP contribution is -2.44. The van der Waals surface area contributed by atoms with Gasteiger partial charge < -0.3 is 11.5 Å². The lowest BCUT2D eigenvalue weighted by atomic mass is 9.78. The lowest BCUT2D eigenvalue weighted by Gasteiger charge is -2.30. The zero-order chi connectivity index (χ0) is 11.7. The van der Waals surface area contributed by atoms with Crippen LogP contribution in [0.1, 0.15) is 32.6 Å². The number of carbonyl (C=O) groups is 1. The molecule has 2 aliphatic rings. The van der Waals surface area contributed by atoms with Gasteiger partial charge in [-0.2, -0.15) is 0 Å². The van der Waals surface area contributed by atoms with Gasteiger partial charge in [0.05, 0.1) is 6.04 Å². The number of primary amides is 1. The average molecular weight is 262 g/mol. The van der Waals surface area contributed by atoms with Crippen molar-refractivity contribution in [3.8, 4) is 0 Å². The summed E-state index contributed by atoms with van der Waals surface area (Å²) < 4.78 is 0. The third kappa shape index (κ3) is 2.92. The number of halogens is 1. The molecule has 0 spiro atoms. The van der Waals surface area contributed by atoms with E-state index in [4.69, 9.17) is 11.5 Å². The third-order valence-corrected chi connectivity index (χ3v) is 4.34. The third-order valence-electron chi connectivity index (χ3n) is 4.34. The average Bonchev–Trinajstić information content (AvgIpc) is 2.63. The smallest absolute Gasteiger partial charge is 0.234 e. The first-order valence-corrected chi connectivity index (χ1v) is 6.42. The van der Waals surface area contributed by atoms with Crippen molar-refractivity contribution in [3.05, 3.63) is 0 Å². The summed E-state index contributed by atoms with van der Waals surface area (Å²) in [6, 6.07) is 0.243. The van der Waals surface area contributed by atoms with Crippen LogP contribution < -0.4 is 11.5 Å². The van der Waals surface area contributed by atoms with Crippen LogP contribution in [0.15, 0.2) is 0 Å². The Balaban J connectivity index is 0.00000144. The predicted octanol–water partition coefficient (Wildman–Crippen LogP) is 0.731. The molecule has 0 aromatic heterocycles. The maximum absolute atomic E-state index is 11.4. The molecule has 1 aliphatic heterocycles. The summed E-state index contributed by atoms with van der Waals surface area (Å²) in [5, 5.41) is 0. The van der Waals surface area contributed by atoms with E-state index >= 15 is 0 Å². The molecule has 2 rings (SSSR count). The minimum Gasteiger partial charge on any atom is -0.368 e. The van der Waals surface area contributed by atoms with Crippen molar-refractivity contribution < 1.29 is 4.79 Å². The van der Waals surface area contributed by atoms with Gasteiger partial charge in [-0.1, -0.05) is 13.3 Å². The van der Waals surface area contributed by atoms with Gasteiger partial charge in [0.1, 0.15) is 0 Å². The molecule has 0 aromatic rings. The van der Waals surface area contributed by atoms with Crippen LogP contribution in [0.25, 0.3) is 0 Å². The fraction of sp³-hybridized carbons (Fsp3) is 0.917. The number of nitrogens with zero attached hydrogens (tertiary/aromatic N) is 1. The second kappa shape index (κ2) is 6.03. The van der Waals surface area contributed by atoms with Crippen molar-refractivity contribution in [1.82, 2.24) is 4.90 Å². The number of amides is 1. The molecule has 4 unspecified atom stereocenters. The molecule has 4 N–H and O–H groups in total. The number of fused-ring (bicyclic) bond motifs is 1. The van der Waals surface area contributed by atoms with Crippen molar-refractivity contribution in [1.29, 1.82) is 0 Å². The van der Waals surface area contributed by atoms with Crippen molar-refractivity contribution in [3.63, 3.8) is 0 Å². The van der Waals surface area contributed by atoms with E-state index < -0.39 is 0 Å². The molecule has 1 aliphatic carbocycles. The number of hydrogen-bond donors (Lipinski definition) is 2. The predicted molar refractivity (Wildman–Crippen MR) is 70.9 cm³/mol. The topological polar surface area (TPSA) is 72.4 Å². The van der Waals surface area contributed by atoms with Crippen molar-refractivity contribution in [2.75, 3.05) is 13.1 Å². The van der Waals surface area contributed by atoms with Crippen LogP contribution in [0.2, 0.25) is 0 Å². The van der Waals surface area contributed by atoms with E-state index in [0.717, 1.165) is 25.9 Å². The van der Waals surface area contributed by atoms with Crippen molar-refractivity contribution >= 4 is 18.3 Å². The summed E-state index contributed by atoms with van der Waals surface area (Å²) >= 11 is 0. The molecule has 2 fully saturated rings. The lowest BCUT2D eigenvalue weighted by molar-refractivity contribution is -0.123. The van der Waals surface area contributed by atoms with E-state index in [2.05, 4.69) is 4.90 Å². The zero-order valence-corrected chi connectivity index (χ0v) is 11.3. The number of hydrogen-bond acceptors (Lipinski definition) is 3. The van der Waals surface area contributed by atoms with E-state index in [1.54, 1.807) is 0 Å². The first-order valence-electron chi connectivity index (χ1n) is 6.42. The summed E-state index contributed by atoms with van der Waals surface area (Å²) in [5.74, 6) is 1.09. The maximum Gasteiger partial charge on any atom is 0.234 e. The second-order valence-electron chi connectivity index (χ2n) is 5.30. The molecular formula is C12H24ClN3O. The molecule has 0 radical (unpaired) electrons. The highest BCUT2D eigenvalue weighted by atomic mass is 35.5. The molecule has 5 heteroatoms. The molecule has 4 nitrogen and oxygen atoms in total. The quantitative estimate of drug-likeness (QED) is 0.787. The summed E-state index contributed by atoms with van der Waals surface area (Å²) in [6.07, 6.45) is 4.46. The Hall–Kier alpha value is -0.320. The van der Waals surface area contributed by atoms with Gasteiger partial charge in [-0.05, 0) is 31.1 Å². The number of rotatable bonds is 3. The Bertz CT molecular complexity index is 274. The zero-order valence-electron chi connectivity index (χ0n) is 10.5. The maximum atomic E-state index is 11.4. The summed E-state index contributed by atoms with van der Waals surface area (Å²) in [7, 11) is 0. The molecule has 4 atom stereocenters. The van der Waals surface area contributed by atoms with E-state index in [1.807, 2.05) is 6.92 Å². The van der Waals surface area contributed by atoms with E-state index in [-0.39, 0.29) is 24.4 Å². The van der Waals surface area contributed by atoms with Gasteiger partial charge in [0.15, 0.2) is 0 Å². The van der Waals surface area contributed by atoms with Gasteiger partial charge in [0.25, 0.3) is 0 Å². The number of likely N-dealkylation sites (tertiary alicyclic amines) is 1. The van der Waals surface area contributed by atoms with E-state index in [0.29, 0.717) is 17.9 Å². The Morgan fingerprint density at radius 2 is 2.12 bits per heavy atom. The van der Waals surface area contributed by atoms with Crippen LogP contribution in [0.5, 0.6) is 0 Å². The molecule has 1 saturated carbocycles. The Morgan fingerprint density at radius 3 is 2.65 bits per heavy atom. The Labute approximate surface area is 109 Å². The Kier molecular flexibility index (Phi) is 5.22. The van der Waals surface area contributed by atoms with Gasteiger partial charge in [-0.3, -0.25) is 9.69 Å². The normalized spacial score (nSPS) is 34.8. The highest BCUT2D eigenvalue weighted by molar-refractivity contribution is 5.85. The molecule has 0 bridgehead atoms. The van der Waals surface area contributed by atoms with Gasteiger partial charge in [-0.15, -0.1) is 12.4 Å². The van der Waals surface area contributed by atoms with E-state index in [9.17, 15) is 4.79 Å². The summed E-state index contributed by atoms with van der Waals surface area (Å²) in [5.41, 5.74) is 11.6. The Morgan fingerprint density at radius 1 is 1.41 bits per heavy atom. The molecule has 17 heavy (non-hydrogen) atoms. The minimum atomic E-state index is -0.185. The van der Waals surface area contributed by atoms with Crippen LogP contribution in [-0.4, -0.2) is 36.0 Å². The number of nitrogens with two attached hydrogens (primary N) is 2. The van der Waals surface area contributed by atoms with Gasteiger partial charge in [0, 0.05) is 19.1 Å². The fourth-order valence-electron chi connectivity index (χ4n) is 3.44. The summed E-state index contributed by atoms with van der Waals surface area (Å²) in [4.78, 5) is 13.6. The highest BCUT2D eigenvalue weighted by Gasteiger charge is 2.41. The fourth-order valence-corrected chi connectivity index (χ4v) is 3.44. The first-order chi connectivity index (χ1) is 7.63. The molecule has 100 valence electrons. The van der Waals surface area contributed by atoms with Crippen LogP contribution in [-0.2, 0) is 4.79 Å².